The molecule has 0 spiro atoms. The summed E-state index contributed by atoms with van der Waals surface area (Å²) in [6.45, 7) is 0. The van der Waals surface area contributed by atoms with Gasteiger partial charge in [0.05, 0.1) is 18.6 Å². The van der Waals surface area contributed by atoms with Crippen LogP contribution in [0.2, 0.25) is 0 Å². The molecule has 3 rings (SSSR count). The van der Waals surface area contributed by atoms with Gasteiger partial charge in [-0.15, -0.1) is 0 Å². The lowest BCUT2D eigenvalue weighted by atomic mass is 10.5. The van der Waals surface area contributed by atoms with Crippen molar-refractivity contribution in [2.45, 2.75) is 0 Å². The molecule has 0 saturated carbocycles. The molecule has 0 saturated heterocycles. The molecule has 20 heavy (non-hydrogen) atoms. The Morgan fingerprint density at radius 2 is 2.20 bits per heavy atom. The average Bonchev–Trinajstić information content (AvgIpc) is 3.10. The van der Waals surface area contributed by atoms with E-state index in [9.17, 15) is 4.79 Å². The second-order valence-electron chi connectivity index (χ2n) is 3.75. The first kappa shape index (κ1) is 12.2. The van der Waals surface area contributed by atoms with Crippen molar-refractivity contribution in [3.63, 3.8) is 0 Å². The van der Waals surface area contributed by atoms with E-state index in [2.05, 4.69) is 25.3 Å². The average molecular weight is 287 g/mol. The van der Waals surface area contributed by atoms with Crippen LogP contribution in [0.1, 0.15) is 9.67 Å². The summed E-state index contributed by atoms with van der Waals surface area (Å²) in [5.74, 6) is 0.634. The number of primary amides is 1. The molecule has 0 aliphatic rings. The summed E-state index contributed by atoms with van der Waals surface area (Å²) in [5, 5.41) is 3.50. The van der Waals surface area contributed by atoms with Crippen molar-refractivity contribution in [3.05, 3.63) is 42.2 Å². The van der Waals surface area contributed by atoms with E-state index in [0.29, 0.717) is 21.6 Å². The Hall–Kier alpha value is -2.81. The summed E-state index contributed by atoms with van der Waals surface area (Å²) in [4.78, 5) is 27.8. The van der Waals surface area contributed by atoms with Crippen LogP contribution in [-0.4, -0.2) is 30.4 Å². The van der Waals surface area contributed by atoms with E-state index >= 15 is 0 Å². The van der Waals surface area contributed by atoms with Gasteiger partial charge in [-0.3, -0.25) is 14.3 Å². The summed E-state index contributed by atoms with van der Waals surface area (Å²) in [5.41, 5.74) is 5.17. The summed E-state index contributed by atoms with van der Waals surface area (Å²) < 4.78 is 1.73. The molecule has 3 aromatic rings. The van der Waals surface area contributed by atoms with Crippen LogP contribution in [0.25, 0.3) is 5.82 Å². The zero-order valence-corrected chi connectivity index (χ0v) is 10.9. The number of hydrogen-bond acceptors (Lipinski definition) is 7. The van der Waals surface area contributed by atoms with Crippen LogP contribution in [0.4, 0.5) is 10.9 Å². The van der Waals surface area contributed by atoms with Crippen molar-refractivity contribution in [1.29, 1.82) is 0 Å². The second kappa shape index (κ2) is 5.05. The zero-order valence-electron chi connectivity index (χ0n) is 10.1. The number of hydrogen-bond donors (Lipinski definition) is 2. The number of imidazole rings is 1. The number of rotatable bonds is 4. The minimum atomic E-state index is -0.506. The minimum absolute atomic E-state index is 0.381. The number of nitrogens with two attached hydrogens (primary N) is 1. The normalized spacial score (nSPS) is 10.4. The van der Waals surface area contributed by atoms with Gasteiger partial charge in [0.2, 0.25) is 0 Å². The summed E-state index contributed by atoms with van der Waals surface area (Å²) in [6, 6.07) is 0. The Bertz CT molecular complexity index is 737. The number of carbonyl (C=O) groups excluding carboxylic acids is 1. The van der Waals surface area contributed by atoms with Gasteiger partial charge in [0.1, 0.15) is 11.2 Å². The Morgan fingerprint density at radius 3 is 2.90 bits per heavy atom. The predicted molar refractivity (Wildman–Crippen MR) is 73.1 cm³/mol. The van der Waals surface area contributed by atoms with Crippen LogP contribution in [0.15, 0.2) is 37.3 Å². The van der Waals surface area contributed by atoms with Gasteiger partial charge in [-0.25, -0.2) is 15.0 Å². The molecular formula is C11H9N7OS. The molecule has 0 unspecified atom stereocenters. The monoisotopic (exact) mass is 287 g/mol. The second-order valence-corrected chi connectivity index (χ2v) is 4.78. The third kappa shape index (κ3) is 2.47. The highest BCUT2D eigenvalue weighted by molar-refractivity contribution is 7.17. The zero-order chi connectivity index (χ0) is 13.9. The molecule has 9 heteroatoms. The van der Waals surface area contributed by atoms with Gasteiger partial charge < -0.3 is 11.1 Å². The number of anilines is 2. The molecule has 1 amide bonds. The molecular weight excluding hydrogens is 278 g/mol. The predicted octanol–water partition coefficient (Wildman–Crippen LogP) is 0.961. The number of thiazole rings is 1. The summed E-state index contributed by atoms with van der Waals surface area (Å²) >= 11 is 1.16. The third-order valence-electron chi connectivity index (χ3n) is 2.37. The highest BCUT2D eigenvalue weighted by Crippen LogP contribution is 2.21. The van der Waals surface area contributed by atoms with Gasteiger partial charge in [-0.1, -0.05) is 11.3 Å². The van der Waals surface area contributed by atoms with Crippen molar-refractivity contribution >= 4 is 28.2 Å². The first-order valence-electron chi connectivity index (χ1n) is 5.55. The van der Waals surface area contributed by atoms with Crippen LogP contribution in [0.5, 0.6) is 0 Å². The molecule has 3 heterocycles. The van der Waals surface area contributed by atoms with Gasteiger partial charge in [-0.2, -0.15) is 0 Å². The van der Waals surface area contributed by atoms with Gasteiger partial charge in [0.25, 0.3) is 5.91 Å². The topological polar surface area (TPSA) is 112 Å². The van der Waals surface area contributed by atoms with Gasteiger partial charge in [0.15, 0.2) is 16.8 Å². The van der Waals surface area contributed by atoms with E-state index in [-0.39, 0.29) is 0 Å². The van der Waals surface area contributed by atoms with E-state index in [1.54, 1.807) is 35.7 Å². The number of nitrogens with zero attached hydrogens (tertiary/aromatic N) is 5. The molecule has 100 valence electrons. The van der Waals surface area contributed by atoms with Crippen LogP contribution in [-0.2, 0) is 0 Å². The van der Waals surface area contributed by atoms with Crippen LogP contribution < -0.4 is 11.1 Å². The van der Waals surface area contributed by atoms with E-state index in [1.807, 2.05) is 0 Å². The number of aromatic nitrogens is 5. The van der Waals surface area contributed by atoms with Crippen molar-refractivity contribution in [3.8, 4) is 5.82 Å². The lowest BCUT2D eigenvalue weighted by molar-refractivity contribution is 0.100. The minimum Gasteiger partial charge on any atom is -0.365 e. The smallest absolute Gasteiger partial charge is 0.260 e. The Morgan fingerprint density at radius 1 is 1.30 bits per heavy atom. The SMILES string of the molecule is NC(=O)c1cnc(Nc2cncc(-n3ccnc3)n2)s1. The fourth-order valence-electron chi connectivity index (χ4n) is 1.49. The fraction of sp³-hybridized carbons (Fsp3) is 0. The lowest BCUT2D eigenvalue weighted by Crippen LogP contribution is -2.08. The molecule has 3 N–H and O–H groups in total. The van der Waals surface area contributed by atoms with Gasteiger partial charge in [-0.05, 0) is 0 Å². The maximum atomic E-state index is 11.0. The molecule has 3 aromatic heterocycles. The maximum Gasteiger partial charge on any atom is 0.260 e. The number of carbonyl (C=O) groups is 1. The van der Waals surface area contributed by atoms with Crippen LogP contribution in [0, 0.1) is 0 Å². The highest BCUT2D eigenvalue weighted by Gasteiger charge is 2.08. The lowest BCUT2D eigenvalue weighted by Gasteiger charge is -2.04. The molecule has 0 aliphatic heterocycles. The third-order valence-corrected chi connectivity index (χ3v) is 3.30. The molecule has 0 aromatic carbocycles. The number of amides is 1. The molecule has 0 fully saturated rings. The van der Waals surface area contributed by atoms with Crippen LogP contribution in [0.3, 0.4) is 0 Å². The summed E-state index contributed by atoms with van der Waals surface area (Å²) in [6.07, 6.45) is 9.64. The van der Waals surface area contributed by atoms with E-state index in [4.69, 9.17) is 5.73 Å². The maximum absolute atomic E-state index is 11.0. The first-order valence-corrected chi connectivity index (χ1v) is 6.37. The number of nitrogens with one attached hydrogen (secondary N) is 1. The van der Waals surface area contributed by atoms with E-state index in [0.717, 1.165) is 11.3 Å². The highest BCUT2D eigenvalue weighted by atomic mass is 32.1. The molecule has 0 radical (unpaired) electrons. The van der Waals surface area contributed by atoms with Crippen molar-refractivity contribution in [2.75, 3.05) is 5.32 Å². The fourth-order valence-corrected chi connectivity index (χ4v) is 2.17. The molecule has 0 aliphatic carbocycles. The van der Waals surface area contributed by atoms with Crippen LogP contribution >= 0.6 is 11.3 Å². The quantitative estimate of drug-likeness (QED) is 0.739. The van der Waals surface area contributed by atoms with Gasteiger partial charge in [0, 0.05) is 12.4 Å². The summed E-state index contributed by atoms with van der Waals surface area (Å²) in [7, 11) is 0. The Balaban J connectivity index is 1.84. The largest absolute Gasteiger partial charge is 0.365 e. The molecule has 8 nitrogen and oxygen atoms in total. The molecule has 0 atom stereocenters. The van der Waals surface area contributed by atoms with E-state index < -0.39 is 5.91 Å². The van der Waals surface area contributed by atoms with Crippen molar-refractivity contribution in [1.82, 2.24) is 24.5 Å². The molecule has 0 bridgehead atoms. The Kier molecular flexibility index (Phi) is 3.09. The van der Waals surface area contributed by atoms with E-state index in [1.165, 1.54) is 6.20 Å². The van der Waals surface area contributed by atoms with Crippen molar-refractivity contribution < 1.29 is 4.79 Å². The standard InChI is InChI=1S/C11H9N7OS/c12-10(19)7-3-15-11(20-7)17-8-4-14-5-9(16-8)18-2-1-13-6-18/h1-6H,(H2,12,19)(H,15,16,17). The van der Waals surface area contributed by atoms with Crippen molar-refractivity contribution in [2.24, 2.45) is 5.73 Å². The van der Waals surface area contributed by atoms with Gasteiger partial charge >= 0.3 is 0 Å². The first-order chi connectivity index (χ1) is 9.72. The Labute approximate surface area is 117 Å².